The summed E-state index contributed by atoms with van der Waals surface area (Å²) in [7, 11) is 0. The second-order valence-corrected chi connectivity index (χ2v) is 4.36. The molecule has 2 N–H and O–H groups in total. The number of hydrogen-bond donors (Lipinski definition) is 1. The smallest absolute Gasteiger partial charge is 0.225 e. The van der Waals surface area contributed by atoms with Gasteiger partial charge in [-0.25, -0.2) is 9.97 Å². The summed E-state index contributed by atoms with van der Waals surface area (Å²) in [6.07, 6.45) is 4.21. The lowest BCUT2D eigenvalue weighted by Gasteiger charge is -2.17. The molecule has 15 heavy (non-hydrogen) atoms. The molecule has 0 amide bonds. The van der Waals surface area contributed by atoms with Crippen LogP contribution < -0.4 is 10.6 Å². The number of rotatable bonds is 2. The van der Waals surface area contributed by atoms with Crippen molar-refractivity contribution >= 4 is 11.6 Å². The van der Waals surface area contributed by atoms with E-state index in [4.69, 9.17) is 5.73 Å². The summed E-state index contributed by atoms with van der Waals surface area (Å²) in [5, 5.41) is 0. The van der Waals surface area contributed by atoms with Gasteiger partial charge in [0, 0.05) is 13.1 Å². The standard InChI is InChI=1S/C11H18N4/c1-8(2)10-9(12)7-13-11(14-10)15-5-3-4-6-15/h7-8H,3-6,12H2,1-2H3. The van der Waals surface area contributed by atoms with Crippen molar-refractivity contribution in [3.63, 3.8) is 0 Å². The minimum Gasteiger partial charge on any atom is -0.396 e. The van der Waals surface area contributed by atoms with Crippen molar-refractivity contribution in [1.82, 2.24) is 9.97 Å². The zero-order valence-corrected chi connectivity index (χ0v) is 9.40. The highest BCUT2D eigenvalue weighted by Crippen LogP contribution is 2.22. The van der Waals surface area contributed by atoms with E-state index in [1.807, 2.05) is 0 Å². The molecule has 1 aliphatic rings. The Balaban J connectivity index is 2.29. The predicted octanol–water partition coefficient (Wildman–Crippen LogP) is 1.78. The maximum atomic E-state index is 5.85. The number of aromatic nitrogens is 2. The Bertz CT molecular complexity index is 342. The summed E-state index contributed by atoms with van der Waals surface area (Å²) >= 11 is 0. The van der Waals surface area contributed by atoms with Gasteiger partial charge in [0.15, 0.2) is 0 Å². The summed E-state index contributed by atoms with van der Waals surface area (Å²) in [6.45, 7) is 6.35. The molecule has 4 nitrogen and oxygen atoms in total. The Kier molecular flexibility index (Phi) is 2.75. The summed E-state index contributed by atoms with van der Waals surface area (Å²) in [4.78, 5) is 11.1. The third-order valence-corrected chi connectivity index (χ3v) is 2.77. The molecule has 0 aliphatic carbocycles. The van der Waals surface area contributed by atoms with Crippen molar-refractivity contribution in [3.8, 4) is 0 Å². The lowest BCUT2D eigenvalue weighted by Crippen LogP contribution is -2.21. The van der Waals surface area contributed by atoms with Crippen molar-refractivity contribution in [2.24, 2.45) is 0 Å². The van der Waals surface area contributed by atoms with Gasteiger partial charge in [0.25, 0.3) is 0 Å². The van der Waals surface area contributed by atoms with E-state index in [-0.39, 0.29) is 0 Å². The molecule has 1 saturated heterocycles. The molecule has 0 atom stereocenters. The van der Waals surface area contributed by atoms with Crippen molar-refractivity contribution in [3.05, 3.63) is 11.9 Å². The van der Waals surface area contributed by atoms with Crippen molar-refractivity contribution in [2.75, 3.05) is 23.7 Å². The largest absolute Gasteiger partial charge is 0.396 e. The predicted molar refractivity (Wildman–Crippen MR) is 62.0 cm³/mol. The number of nitrogens with zero attached hydrogens (tertiary/aromatic N) is 3. The average Bonchev–Trinajstić information content (AvgIpc) is 2.71. The van der Waals surface area contributed by atoms with Gasteiger partial charge in [0.05, 0.1) is 17.6 Å². The van der Waals surface area contributed by atoms with Crippen LogP contribution in [0.4, 0.5) is 11.6 Å². The second-order valence-electron chi connectivity index (χ2n) is 4.36. The maximum absolute atomic E-state index is 5.85. The molecule has 0 spiro atoms. The summed E-state index contributed by atoms with van der Waals surface area (Å²) in [5.41, 5.74) is 7.51. The van der Waals surface area contributed by atoms with Gasteiger partial charge < -0.3 is 10.6 Å². The molecule has 1 aromatic rings. The molecule has 0 bridgehead atoms. The van der Waals surface area contributed by atoms with E-state index < -0.39 is 0 Å². The van der Waals surface area contributed by atoms with Crippen LogP contribution in [0, 0.1) is 0 Å². The van der Waals surface area contributed by atoms with Crippen LogP contribution in [-0.2, 0) is 0 Å². The third-order valence-electron chi connectivity index (χ3n) is 2.77. The van der Waals surface area contributed by atoms with E-state index in [1.165, 1.54) is 12.8 Å². The number of hydrogen-bond acceptors (Lipinski definition) is 4. The first-order valence-electron chi connectivity index (χ1n) is 5.56. The molecule has 2 heterocycles. The quantitative estimate of drug-likeness (QED) is 0.801. The summed E-state index contributed by atoms with van der Waals surface area (Å²) < 4.78 is 0. The van der Waals surface area contributed by atoms with Crippen LogP contribution in [0.3, 0.4) is 0 Å². The number of nitrogens with two attached hydrogens (primary N) is 1. The van der Waals surface area contributed by atoms with E-state index in [1.54, 1.807) is 6.20 Å². The Hall–Kier alpha value is -1.32. The number of anilines is 2. The Morgan fingerprint density at radius 3 is 2.60 bits per heavy atom. The monoisotopic (exact) mass is 206 g/mol. The SMILES string of the molecule is CC(C)c1nc(N2CCCC2)ncc1N. The molecular weight excluding hydrogens is 188 g/mol. The van der Waals surface area contributed by atoms with E-state index in [0.29, 0.717) is 11.6 Å². The highest BCUT2D eigenvalue weighted by molar-refractivity contribution is 5.46. The minimum atomic E-state index is 0.356. The van der Waals surface area contributed by atoms with Crippen LogP contribution in [0.25, 0.3) is 0 Å². The average molecular weight is 206 g/mol. The Labute approximate surface area is 90.5 Å². The molecule has 2 rings (SSSR count). The summed E-state index contributed by atoms with van der Waals surface area (Å²) in [6, 6.07) is 0. The maximum Gasteiger partial charge on any atom is 0.225 e. The zero-order chi connectivity index (χ0) is 10.8. The zero-order valence-electron chi connectivity index (χ0n) is 9.40. The van der Waals surface area contributed by atoms with Gasteiger partial charge in [-0.15, -0.1) is 0 Å². The molecule has 82 valence electrons. The van der Waals surface area contributed by atoms with Crippen molar-refractivity contribution in [2.45, 2.75) is 32.6 Å². The molecule has 0 aromatic carbocycles. The molecular formula is C11H18N4. The fourth-order valence-corrected chi connectivity index (χ4v) is 1.93. The van der Waals surface area contributed by atoms with Crippen LogP contribution >= 0.6 is 0 Å². The minimum absolute atomic E-state index is 0.356. The molecule has 4 heteroatoms. The van der Waals surface area contributed by atoms with Gasteiger partial charge >= 0.3 is 0 Å². The van der Waals surface area contributed by atoms with Gasteiger partial charge in [-0.05, 0) is 18.8 Å². The van der Waals surface area contributed by atoms with Gasteiger partial charge in [0.2, 0.25) is 5.95 Å². The fraction of sp³-hybridized carbons (Fsp3) is 0.636. The van der Waals surface area contributed by atoms with Gasteiger partial charge in [-0.1, -0.05) is 13.8 Å². The molecule has 1 fully saturated rings. The molecule has 0 unspecified atom stereocenters. The molecule has 1 aliphatic heterocycles. The van der Waals surface area contributed by atoms with Crippen LogP contribution in [0.15, 0.2) is 6.20 Å². The lowest BCUT2D eigenvalue weighted by atomic mass is 10.1. The van der Waals surface area contributed by atoms with Crippen molar-refractivity contribution in [1.29, 1.82) is 0 Å². The first-order chi connectivity index (χ1) is 7.18. The summed E-state index contributed by atoms with van der Waals surface area (Å²) in [5.74, 6) is 1.19. The van der Waals surface area contributed by atoms with Gasteiger partial charge in [-0.3, -0.25) is 0 Å². The van der Waals surface area contributed by atoms with Crippen LogP contribution in [0.2, 0.25) is 0 Å². The van der Waals surface area contributed by atoms with E-state index in [2.05, 4.69) is 28.7 Å². The highest BCUT2D eigenvalue weighted by atomic mass is 15.3. The van der Waals surface area contributed by atoms with Crippen LogP contribution in [-0.4, -0.2) is 23.1 Å². The molecule has 0 saturated carbocycles. The lowest BCUT2D eigenvalue weighted by molar-refractivity contribution is 0.799. The van der Waals surface area contributed by atoms with E-state index in [0.717, 1.165) is 24.7 Å². The first kappa shape index (κ1) is 10.2. The van der Waals surface area contributed by atoms with Crippen LogP contribution in [0.1, 0.15) is 38.3 Å². The third kappa shape index (κ3) is 2.03. The molecule has 0 radical (unpaired) electrons. The van der Waals surface area contributed by atoms with E-state index >= 15 is 0 Å². The molecule has 1 aromatic heterocycles. The Morgan fingerprint density at radius 1 is 1.33 bits per heavy atom. The van der Waals surface area contributed by atoms with Crippen molar-refractivity contribution < 1.29 is 0 Å². The highest BCUT2D eigenvalue weighted by Gasteiger charge is 2.16. The van der Waals surface area contributed by atoms with Crippen LogP contribution in [0.5, 0.6) is 0 Å². The first-order valence-corrected chi connectivity index (χ1v) is 5.56. The van der Waals surface area contributed by atoms with Gasteiger partial charge in [-0.2, -0.15) is 0 Å². The fourth-order valence-electron chi connectivity index (χ4n) is 1.93. The normalized spacial score (nSPS) is 16.3. The topological polar surface area (TPSA) is 55.0 Å². The van der Waals surface area contributed by atoms with E-state index in [9.17, 15) is 0 Å². The number of nitrogen functional groups attached to an aromatic ring is 1. The van der Waals surface area contributed by atoms with Gasteiger partial charge in [0.1, 0.15) is 0 Å². The Morgan fingerprint density at radius 2 is 2.00 bits per heavy atom. The second kappa shape index (κ2) is 4.04.